The predicted molar refractivity (Wildman–Crippen MR) is 198 cm³/mol. The van der Waals surface area contributed by atoms with Gasteiger partial charge >= 0.3 is 12.2 Å². The van der Waals surface area contributed by atoms with Crippen LogP contribution in [0.4, 0.5) is 32.7 Å². The molecule has 1 N–H and O–H groups in total. The van der Waals surface area contributed by atoms with Gasteiger partial charge in [0.15, 0.2) is 15.7 Å². The number of aryl methyl sites for hydroxylation is 1. The molecule has 7 rings (SSSR count). The molecule has 1 saturated carbocycles. The molecule has 3 aliphatic rings. The van der Waals surface area contributed by atoms with Crippen molar-refractivity contribution in [3.8, 4) is 5.75 Å². The van der Waals surface area contributed by atoms with Gasteiger partial charge in [0.1, 0.15) is 34.4 Å². The standard InChI is InChI=1S/C37H43N7O8S/c1-21-38-29(19-30(39-21)42-13-15-53(48,49)16-14-42)40-31-24-11-9-22(17-28(24)44(41-31)34(47)52-36(5,6)7)26-20-37(26)25-18-23(50-8)10-12-27(25)43(32(37)45)33(46)51-35(2,3)4/h9-12,17-19,26H,13-16,20H2,1-8H3,(H,38,39,40,41)/t26-,37-/m0/s1. The minimum atomic E-state index is -3.09. The van der Waals surface area contributed by atoms with Crippen LogP contribution in [0.15, 0.2) is 42.5 Å². The van der Waals surface area contributed by atoms with Crippen LogP contribution in [0.5, 0.6) is 5.75 Å². The monoisotopic (exact) mass is 745 g/mol. The maximum absolute atomic E-state index is 14.3. The quantitative estimate of drug-likeness (QED) is 0.267. The van der Waals surface area contributed by atoms with Crippen molar-refractivity contribution in [2.75, 3.05) is 46.8 Å². The molecular formula is C37H43N7O8S. The minimum Gasteiger partial charge on any atom is -0.497 e. The van der Waals surface area contributed by atoms with Crippen LogP contribution in [-0.2, 0) is 29.5 Å². The van der Waals surface area contributed by atoms with Crippen LogP contribution in [0, 0.1) is 6.92 Å². The molecule has 0 unspecified atom stereocenters. The van der Waals surface area contributed by atoms with Crippen molar-refractivity contribution in [1.29, 1.82) is 0 Å². The third kappa shape index (κ3) is 6.75. The molecule has 280 valence electrons. The van der Waals surface area contributed by atoms with E-state index in [4.69, 9.17) is 14.2 Å². The molecule has 1 aliphatic carbocycles. The van der Waals surface area contributed by atoms with Gasteiger partial charge in [-0.05, 0) is 96.3 Å². The van der Waals surface area contributed by atoms with Crippen LogP contribution in [0.1, 0.15) is 70.8 Å². The molecule has 4 aromatic rings. The largest absolute Gasteiger partial charge is 0.497 e. The second-order valence-corrected chi connectivity index (χ2v) is 18.0. The first-order chi connectivity index (χ1) is 24.8. The predicted octanol–water partition coefficient (Wildman–Crippen LogP) is 5.61. The molecule has 2 fully saturated rings. The lowest BCUT2D eigenvalue weighted by Gasteiger charge is -2.28. The number of hydrogen-bond donors (Lipinski definition) is 1. The van der Waals surface area contributed by atoms with Crippen LogP contribution in [-0.4, -0.2) is 89.2 Å². The van der Waals surface area contributed by atoms with Crippen molar-refractivity contribution in [3.63, 3.8) is 0 Å². The van der Waals surface area contributed by atoms with E-state index in [2.05, 4.69) is 20.4 Å². The summed E-state index contributed by atoms with van der Waals surface area (Å²) >= 11 is 0. The summed E-state index contributed by atoms with van der Waals surface area (Å²) in [6, 6.07) is 12.5. The van der Waals surface area contributed by atoms with E-state index in [1.54, 1.807) is 79.8 Å². The lowest BCUT2D eigenvalue weighted by atomic mass is 9.91. The Balaban J connectivity index is 1.27. The summed E-state index contributed by atoms with van der Waals surface area (Å²) < 4.78 is 42.1. The second-order valence-electron chi connectivity index (χ2n) is 15.7. The number of nitrogens with one attached hydrogen (secondary N) is 1. The summed E-state index contributed by atoms with van der Waals surface area (Å²) in [5.74, 6) is 1.69. The molecule has 15 nitrogen and oxygen atoms in total. The molecule has 0 radical (unpaired) electrons. The molecule has 0 bridgehead atoms. The Bertz CT molecular complexity index is 2280. The highest BCUT2D eigenvalue weighted by atomic mass is 32.2. The first-order valence-electron chi connectivity index (χ1n) is 17.4. The number of amides is 2. The lowest BCUT2D eigenvalue weighted by molar-refractivity contribution is -0.120. The molecular weight excluding hydrogens is 703 g/mol. The average Bonchev–Trinajstić information content (AvgIpc) is 3.64. The van der Waals surface area contributed by atoms with Gasteiger partial charge in [-0.3, -0.25) is 4.79 Å². The number of methoxy groups -OCH3 is 1. The van der Waals surface area contributed by atoms with Crippen LogP contribution in [0.3, 0.4) is 0 Å². The number of hydrogen-bond acceptors (Lipinski definition) is 13. The molecule has 4 heterocycles. The van der Waals surface area contributed by atoms with Crippen molar-refractivity contribution in [2.45, 2.75) is 77.4 Å². The third-order valence-corrected chi connectivity index (χ3v) is 11.1. The molecule has 2 atom stereocenters. The van der Waals surface area contributed by atoms with E-state index in [-0.39, 0.29) is 23.3 Å². The number of sulfone groups is 1. The van der Waals surface area contributed by atoms with E-state index < -0.39 is 38.6 Å². The normalized spacial score (nSPS) is 20.8. The van der Waals surface area contributed by atoms with E-state index in [1.165, 1.54) is 4.68 Å². The number of carbonyl (C=O) groups excluding carboxylic acids is 3. The van der Waals surface area contributed by atoms with Gasteiger partial charge < -0.3 is 24.4 Å². The van der Waals surface area contributed by atoms with E-state index in [0.717, 1.165) is 10.5 Å². The summed E-state index contributed by atoms with van der Waals surface area (Å²) in [4.78, 5) is 53.4. The maximum Gasteiger partial charge on any atom is 0.435 e. The number of aromatic nitrogens is 4. The maximum atomic E-state index is 14.3. The summed E-state index contributed by atoms with van der Waals surface area (Å²) in [5, 5.41) is 8.47. The van der Waals surface area contributed by atoms with Crippen LogP contribution in [0.25, 0.3) is 10.9 Å². The highest BCUT2D eigenvalue weighted by molar-refractivity contribution is 7.91. The fourth-order valence-corrected chi connectivity index (χ4v) is 8.23. The van der Waals surface area contributed by atoms with E-state index >= 15 is 0 Å². The second kappa shape index (κ2) is 12.4. The average molecular weight is 746 g/mol. The van der Waals surface area contributed by atoms with Gasteiger partial charge in [-0.2, -0.15) is 4.68 Å². The van der Waals surface area contributed by atoms with E-state index in [1.807, 2.05) is 23.1 Å². The van der Waals surface area contributed by atoms with Crippen molar-refractivity contribution in [3.05, 3.63) is 59.4 Å². The Morgan fingerprint density at radius 1 is 0.925 bits per heavy atom. The molecule has 2 aromatic carbocycles. The molecule has 53 heavy (non-hydrogen) atoms. The fraction of sp³-hybridized carbons (Fsp3) is 0.459. The summed E-state index contributed by atoms with van der Waals surface area (Å²) in [5.41, 5.74) is -0.356. The summed E-state index contributed by atoms with van der Waals surface area (Å²) in [7, 11) is -1.54. The Labute approximate surface area is 307 Å². The number of carbonyl (C=O) groups is 3. The highest BCUT2D eigenvalue weighted by Gasteiger charge is 2.68. The van der Waals surface area contributed by atoms with Gasteiger partial charge in [0.05, 0.1) is 35.2 Å². The number of rotatable bonds is 5. The Morgan fingerprint density at radius 2 is 1.60 bits per heavy atom. The van der Waals surface area contributed by atoms with E-state index in [9.17, 15) is 22.8 Å². The Hall–Kier alpha value is -5.25. The molecule has 16 heteroatoms. The summed E-state index contributed by atoms with van der Waals surface area (Å²) in [6.45, 7) is 12.9. The Morgan fingerprint density at radius 3 is 2.26 bits per heavy atom. The topological polar surface area (TPSA) is 175 Å². The number of anilines is 4. The number of imide groups is 1. The molecule has 2 aromatic heterocycles. The molecule has 2 aliphatic heterocycles. The zero-order valence-corrected chi connectivity index (χ0v) is 31.8. The van der Waals surface area contributed by atoms with Crippen molar-refractivity contribution in [1.82, 2.24) is 19.7 Å². The van der Waals surface area contributed by atoms with Gasteiger partial charge in [0.2, 0.25) is 5.91 Å². The zero-order chi connectivity index (χ0) is 38.2. The minimum absolute atomic E-state index is 0.0398. The first kappa shape index (κ1) is 36.1. The van der Waals surface area contributed by atoms with Gasteiger partial charge in [-0.25, -0.2) is 32.9 Å². The summed E-state index contributed by atoms with van der Waals surface area (Å²) in [6.07, 6.45) is -1.03. The highest BCUT2D eigenvalue weighted by Crippen LogP contribution is 2.67. The number of fused-ring (bicyclic) bond motifs is 3. The van der Waals surface area contributed by atoms with Crippen LogP contribution < -0.4 is 19.9 Å². The molecule has 2 amide bonds. The zero-order valence-electron chi connectivity index (χ0n) is 31.0. The van der Waals surface area contributed by atoms with Crippen LogP contribution >= 0.6 is 0 Å². The Kier molecular flexibility index (Phi) is 8.47. The van der Waals surface area contributed by atoms with Gasteiger partial charge in [-0.1, -0.05) is 6.07 Å². The fourth-order valence-electron chi connectivity index (χ4n) is 7.03. The molecule has 1 saturated heterocycles. The van der Waals surface area contributed by atoms with Gasteiger partial charge in [-0.15, -0.1) is 5.10 Å². The molecule has 1 spiro atoms. The number of ether oxygens (including phenoxy) is 3. The lowest BCUT2D eigenvalue weighted by Crippen LogP contribution is -2.41. The van der Waals surface area contributed by atoms with Crippen molar-refractivity contribution >= 4 is 62.0 Å². The van der Waals surface area contributed by atoms with Crippen molar-refractivity contribution in [2.24, 2.45) is 0 Å². The van der Waals surface area contributed by atoms with E-state index in [0.29, 0.717) is 70.7 Å². The van der Waals surface area contributed by atoms with Gasteiger partial charge in [0.25, 0.3) is 0 Å². The first-order valence-corrected chi connectivity index (χ1v) is 19.2. The smallest absolute Gasteiger partial charge is 0.435 e. The number of benzene rings is 2. The van der Waals surface area contributed by atoms with Gasteiger partial charge in [0, 0.05) is 30.5 Å². The van der Waals surface area contributed by atoms with Crippen molar-refractivity contribution < 1.29 is 37.0 Å². The van der Waals surface area contributed by atoms with Crippen LogP contribution in [0.2, 0.25) is 0 Å². The number of nitrogens with zero attached hydrogens (tertiary/aromatic N) is 6. The third-order valence-electron chi connectivity index (χ3n) is 9.46. The SMILES string of the molecule is COc1ccc2c(c1)[C@]1(C[C@H]1c1ccc3c(Nc4cc(N5CCS(=O)(=O)CC5)nc(C)n4)nn(C(=O)OC(C)(C)C)c3c1)C(=O)N2C(=O)OC(C)(C)C.